The number of hydrogen-bond donors (Lipinski definition) is 2. The van der Waals surface area contributed by atoms with E-state index >= 15 is 0 Å². The third-order valence-corrected chi connectivity index (χ3v) is 3.82. The molecule has 0 bridgehead atoms. The molecule has 2 N–H and O–H groups in total. The zero-order valence-corrected chi connectivity index (χ0v) is 16.9. The number of aromatic nitrogens is 1. The molecule has 1 heterocycles. The summed E-state index contributed by atoms with van der Waals surface area (Å²) in [7, 11) is 1.66. The Balaban J connectivity index is 0.00000288. The van der Waals surface area contributed by atoms with Gasteiger partial charge in [0, 0.05) is 31.5 Å². The van der Waals surface area contributed by atoms with E-state index in [0.29, 0.717) is 31.7 Å². The van der Waals surface area contributed by atoms with E-state index in [1.165, 1.54) is 25.7 Å². The molecule has 0 radical (unpaired) electrons. The number of methoxy groups -OCH3 is 1. The van der Waals surface area contributed by atoms with Crippen LogP contribution < -0.4 is 15.4 Å². The van der Waals surface area contributed by atoms with Gasteiger partial charge < -0.3 is 20.1 Å². The highest BCUT2D eigenvalue weighted by Crippen LogP contribution is 2.18. The quantitative estimate of drug-likeness (QED) is 0.277. The van der Waals surface area contributed by atoms with E-state index in [2.05, 4.69) is 27.5 Å². The normalized spacial score (nSPS) is 15.0. The van der Waals surface area contributed by atoms with Gasteiger partial charge >= 0.3 is 0 Å². The lowest BCUT2D eigenvalue weighted by atomic mass is 10.2. The van der Waals surface area contributed by atoms with Crippen molar-refractivity contribution in [3.63, 3.8) is 0 Å². The first kappa shape index (κ1) is 21.0. The molecule has 1 aromatic heterocycles. The highest BCUT2D eigenvalue weighted by atomic mass is 127. The van der Waals surface area contributed by atoms with E-state index in [-0.39, 0.29) is 24.0 Å². The van der Waals surface area contributed by atoms with E-state index < -0.39 is 0 Å². The largest absolute Gasteiger partial charge is 0.475 e. The second-order valence-corrected chi connectivity index (χ2v) is 5.63. The maximum atomic E-state index is 5.66. The Labute approximate surface area is 161 Å². The molecule has 136 valence electrons. The lowest BCUT2D eigenvalue weighted by molar-refractivity contribution is 0.143. The monoisotopic (exact) mass is 448 g/mol. The smallest absolute Gasteiger partial charge is 0.218 e. The molecule has 0 aliphatic heterocycles. The minimum Gasteiger partial charge on any atom is -0.475 e. The van der Waals surface area contributed by atoms with Crippen LogP contribution in [0.5, 0.6) is 5.88 Å². The third-order valence-electron chi connectivity index (χ3n) is 3.82. The van der Waals surface area contributed by atoms with Gasteiger partial charge in [0.05, 0.1) is 13.2 Å². The molecule has 0 unspecified atom stereocenters. The van der Waals surface area contributed by atoms with Crippen LogP contribution >= 0.6 is 24.0 Å². The van der Waals surface area contributed by atoms with Crippen molar-refractivity contribution in [2.75, 3.05) is 26.9 Å². The number of ether oxygens (including phenoxy) is 2. The first-order valence-corrected chi connectivity index (χ1v) is 8.44. The lowest BCUT2D eigenvalue weighted by Crippen LogP contribution is -2.42. The van der Waals surface area contributed by atoms with E-state index in [4.69, 9.17) is 9.47 Å². The standard InChI is InChI=1S/C17H28N4O2.HI/c1-3-18-17(21-15-8-4-5-9-15)20-13-14-7-6-10-19-16(14)23-12-11-22-2;/h6-7,10,15H,3-5,8-9,11-13H2,1-2H3,(H2,18,20,21);1H. The van der Waals surface area contributed by atoms with Crippen LogP contribution in [0.1, 0.15) is 38.2 Å². The number of nitrogens with zero attached hydrogens (tertiary/aromatic N) is 2. The maximum Gasteiger partial charge on any atom is 0.218 e. The van der Waals surface area contributed by atoms with Crippen LogP contribution in [-0.4, -0.2) is 43.9 Å². The van der Waals surface area contributed by atoms with Gasteiger partial charge in [-0.25, -0.2) is 9.98 Å². The average molecular weight is 448 g/mol. The molecule has 1 aromatic rings. The Kier molecular flexibility index (Phi) is 10.7. The summed E-state index contributed by atoms with van der Waals surface area (Å²) >= 11 is 0. The molecule has 0 spiro atoms. The predicted octanol–water partition coefficient (Wildman–Crippen LogP) is 2.72. The van der Waals surface area contributed by atoms with Crippen molar-refractivity contribution in [1.82, 2.24) is 15.6 Å². The van der Waals surface area contributed by atoms with Crippen LogP contribution in [0.2, 0.25) is 0 Å². The molecule has 24 heavy (non-hydrogen) atoms. The molecule has 0 saturated heterocycles. The summed E-state index contributed by atoms with van der Waals surface area (Å²) in [5.74, 6) is 1.50. The lowest BCUT2D eigenvalue weighted by Gasteiger charge is -2.17. The molecule has 0 atom stereocenters. The molecule has 1 saturated carbocycles. The SMILES string of the molecule is CCNC(=NCc1cccnc1OCCOC)NC1CCCC1.I. The highest BCUT2D eigenvalue weighted by molar-refractivity contribution is 14.0. The Morgan fingerprint density at radius 1 is 1.33 bits per heavy atom. The van der Waals surface area contributed by atoms with Crippen LogP contribution in [0.4, 0.5) is 0 Å². The van der Waals surface area contributed by atoms with Gasteiger partial charge in [0.1, 0.15) is 6.61 Å². The Morgan fingerprint density at radius 2 is 2.12 bits per heavy atom. The number of rotatable bonds is 8. The molecule has 0 aromatic carbocycles. The second kappa shape index (κ2) is 12.3. The number of halogens is 1. The van der Waals surface area contributed by atoms with Crippen molar-refractivity contribution in [3.05, 3.63) is 23.9 Å². The zero-order chi connectivity index (χ0) is 16.3. The molecule has 0 amide bonds. The first-order chi connectivity index (χ1) is 11.3. The number of aliphatic imine (C=N–C) groups is 1. The summed E-state index contributed by atoms with van der Waals surface area (Å²) in [4.78, 5) is 8.97. The Morgan fingerprint density at radius 3 is 2.83 bits per heavy atom. The Hall–Kier alpha value is -1.09. The summed E-state index contributed by atoms with van der Waals surface area (Å²) in [5.41, 5.74) is 0.979. The van der Waals surface area contributed by atoms with E-state index in [0.717, 1.165) is 18.1 Å². The van der Waals surface area contributed by atoms with Crippen molar-refractivity contribution in [3.8, 4) is 5.88 Å². The zero-order valence-electron chi connectivity index (χ0n) is 14.6. The summed E-state index contributed by atoms with van der Waals surface area (Å²) < 4.78 is 10.7. The van der Waals surface area contributed by atoms with Crippen molar-refractivity contribution in [2.45, 2.75) is 45.2 Å². The number of guanidine groups is 1. The molecule has 1 aliphatic carbocycles. The molecule has 2 rings (SSSR count). The van der Waals surface area contributed by atoms with Crippen LogP contribution in [0.15, 0.2) is 23.3 Å². The number of pyridine rings is 1. The van der Waals surface area contributed by atoms with Crippen LogP contribution in [0.25, 0.3) is 0 Å². The highest BCUT2D eigenvalue weighted by Gasteiger charge is 2.16. The Bertz CT molecular complexity index is 493. The fourth-order valence-corrected chi connectivity index (χ4v) is 2.64. The minimum atomic E-state index is 0. The fourth-order valence-electron chi connectivity index (χ4n) is 2.64. The minimum absolute atomic E-state index is 0. The van der Waals surface area contributed by atoms with E-state index in [1.54, 1.807) is 13.3 Å². The van der Waals surface area contributed by atoms with Gasteiger partial charge in [0.15, 0.2) is 5.96 Å². The van der Waals surface area contributed by atoms with Gasteiger partial charge in [-0.15, -0.1) is 24.0 Å². The van der Waals surface area contributed by atoms with Crippen molar-refractivity contribution < 1.29 is 9.47 Å². The molecule has 6 nitrogen and oxygen atoms in total. The summed E-state index contributed by atoms with van der Waals surface area (Å²) in [5, 5.41) is 6.83. The number of nitrogens with one attached hydrogen (secondary N) is 2. The summed E-state index contributed by atoms with van der Waals surface area (Å²) in [6, 6.07) is 4.45. The molecule has 7 heteroatoms. The number of hydrogen-bond acceptors (Lipinski definition) is 4. The molecule has 1 aliphatic rings. The predicted molar refractivity (Wildman–Crippen MR) is 107 cm³/mol. The van der Waals surface area contributed by atoms with Crippen LogP contribution in [0, 0.1) is 0 Å². The van der Waals surface area contributed by atoms with E-state index in [1.807, 2.05) is 12.1 Å². The topological polar surface area (TPSA) is 67.8 Å². The van der Waals surface area contributed by atoms with Gasteiger partial charge in [-0.05, 0) is 25.8 Å². The van der Waals surface area contributed by atoms with Crippen LogP contribution in [-0.2, 0) is 11.3 Å². The van der Waals surface area contributed by atoms with Crippen LogP contribution in [0.3, 0.4) is 0 Å². The molecule has 1 fully saturated rings. The molecular formula is C17H29IN4O2. The van der Waals surface area contributed by atoms with Gasteiger partial charge in [0.2, 0.25) is 5.88 Å². The summed E-state index contributed by atoms with van der Waals surface area (Å²) in [6.07, 6.45) is 6.79. The third kappa shape index (κ3) is 7.21. The fraction of sp³-hybridized carbons (Fsp3) is 0.647. The van der Waals surface area contributed by atoms with Gasteiger partial charge in [-0.1, -0.05) is 18.9 Å². The first-order valence-electron chi connectivity index (χ1n) is 8.44. The van der Waals surface area contributed by atoms with Crippen molar-refractivity contribution >= 4 is 29.9 Å². The van der Waals surface area contributed by atoms with E-state index in [9.17, 15) is 0 Å². The van der Waals surface area contributed by atoms with Crippen molar-refractivity contribution in [2.24, 2.45) is 4.99 Å². The summed E-state index contributed by atoms with van der Waals surface area (Å²) in [6.45, 7) is 4.51. The van der Waals surface area contributed by atoms with Gasteiger partial charge in [0.25, 0.3) is 0 Å². The van der Waals surface area contributed by atoms with Crippen molar-refractivity contribution in [1.29, 1.82) is 0 Å². The molecular weight excluding hydrogens is 419 g/mol. The van der Waals surface area contributed by atoms with Gasteiger partial charge in [-0.2, -0.15) is 0 Å². The maximum absolute atomic E-state index is 5.66. The average Bonchev–Trinajstić information content (AvgIpc) is 3.07. The second-order valence-electron chi connectivity index (χ2n) is 5.63. The van der Waals surface area contributed by atoms with Gasteiger partial charge in [-0.3, -0.25) is 0 Å².